The molecule has 2 fully saturated rings. The minimum Gasteiger partial charge on any atom is -0.403 e. The van der Waals surface area contributed by atoms with Crippen LogP contribution in [0.15, 0.2) is 91.0 Å². The quantitative estimate of drug-likeness (QED) is 0.0883. The molecule has 2 heterocycles. The largest absolute Gasteiger partial charge is 0.466 e. The second-order valence-electron chi connectivity index (χ2n) is 13.5. The maximum atomic E-state index is 7.03. The van der Waals surface area contributed by atoms with Gasteiger partial charge in [-0.15, -0.1) is 11.6 Å². The van der Waals surface area contributed by atoms with Gasteiger partial charge in [0.2, 0.25) is 0 Å². The van der Waals surface area contributed by atoms with Gasteiger partial charge in [0.05, 0.1) is 49.8 Å². The highest BCUT2D eigenvalue weighted by Gasteiger charge is 2.60. The van der Waals surface area contributed by atoms with Crippen molar-refractivity contribution in [1.82, 2.24) is 0 Å². The molecule has 5 rings (SSSR count). The first-order valence-electron chi connectivity index (χ1n) is 16.8. The average Bonchev–Trinajstić information content (AvgIpc) is 3.28. The van der Waals surface area contributed by atoms with Crippen LogP contribution in [0.5, 0.6) is 0 Å². The minimum absolute atomic E-state index is 0.187. The first kappa shape index (κ1) is 35.1. The Bertz CT molecular complexity index is 1280. The van der Waals surface area contributed by atoms with Crippen molar-refractivity contribution < 1.29 is 28.3 Å². The van der Waals surface area contributed by atoms with E-state index in [0.717, 1.165) is 42.4 Å². The number of hydrogen-bond acceptors (Lipinski definition) is 6. The molecule has 0 aliphatic carbocycles. The van der Waals surface area contributed by atoms with Crippen molar-refractivity contribution in [3.63, 3.8) is 0 Å². The molecule has 2 aliphatic rings. The molecule has 0 radical (unpaired) electrons. The summed E-state index contributed by atoms with van der Waals surface area (Å²) in [6.45, 7) is 10.1. The third kappa shape index (κ3) is 9.22. The first-order chi connectivity index (χ1) is 22.3. The molecule has 3 aromatic rings. The molecule has 0 amide bonds. The molecule has 0 aromatic heterocycles. The summed E-state index contributed by atoms with van der Waals surface area (Å²) in [6.07, 6.45) is 2.45. The molecule has 0 spiro atoms. The van der Waals surface area contributed by atoms with Crippen LogP contribution in [0.3, 0.4) is 0 Å². The van der Waals surface area contributed by atoms with Crippen molar-refractivity contribution in [3.8, 4) is 0 Å². The van der Waals surface area contributed by atoms with Crippen LogP contribution < -0.4 is 0 Å². The van der Waals surface area contributed by atoms with E-state index < -0.39 is 24.4 Å². The lowest BCUT2D eigenvalue weighted by Crippen LogP contribution is -2.59. The zero-order chi connectivity index (χ0) is 32.4. The Morgan fingerprint density at radius 2 is 1.13 bits per heavy atom. The van der Waals surface area contributed by atoms with E-state index in [2.05, 4.69) is 64.1 Å². The molecule has 0 unspecified atom stereocenters. The molecule has 2 aliphatic heterocycles. The monoisotopic (exact) mass is 648 g/mol. The van der Waals surface area contributed by atoms with Gasteiger partial charge in [-0.3, -0.25) is 0 Å². The number of halogens is 1. The van der Waals surface area contributed by atoms with Crippen molar-refractivity contribution in [2.45, 2.75) is 115 Å². The maximum Gasteiger partial charge on any atom is 0.466 e. The van der Waals surface area contributed by atoms with Crippen molar-refractivity contribution >= 4 is 18.7 Å². The molecular formula is C38H50BClO6. The van der Waals surface area contributed by atoms with Crippen LogP contribution in [-0.4, -0.2) is 55.2 Å². The van der Waals surface area contributed by atoms with E-state index in [1.165, 1.54) is 0 Å². The van der Waals surface area contributed by atoms with Gasteiger partial charge in [-0.05, 0) is 57.2 Å². The van der Waals surface area contributed by atoms with Gasteiger partial charge in [0.15, 0.2) is 0 Å². The molecule has 5 atom stereocenters. The Morgan fingerprint density at radius 3 is 1.65 bits per heavy atom. The van der Waals surface area contributed by atoms with Crippen LogP contribution in [0.1, 0.15) is 70.1 Å². The summed E-state index contributed by atoms with van der Waals surface area (Å²) < 4.78 is 40.6. The van der Waals surface area contributed by atoms with E-state index in [9.17, 15) is 0 Å². The fraction of sp³-hybridized carbons (Fsp3) is 0.526. The van der Waals surface area contributed by atoms with Crippen molar-refractivity contribution in [2.75, 3.05) is 12.5 Å². The van der Waals surface area contributed by atoms with Crippen LogP contribution >= 0.6 is 11.6 Å². The molecule has 46 heavy (non-hydrogen) atoms. The summed E-state index contributed by atoms with van der Waals surface area (Å²) in [5.41, 5.74) is 2.30. The van der Waals surface area contributed by atoms with Crippen LogP contribution in [-0.2, 0) is 48.1 Å². The fourth-order valence-corrected chi connectivity index (χ4v) is 6.42. The molecule has 0 bridgehead atoms. The van der Waals surface area contributed by atoms with Crippen LogP contribution in [0, 0.1) is 0 Å². The molecule has 248 valence electrons. The summed E-state index contributed by atoms with van der Waals surface area (Å²) >= 11 is 6.05. The van der Waals surface area contributed by atoms with Gasteiger partial charge in [-0.25, -0.2) is 0 Å². The number of hydrogen-bond donors (Lipinski definition) is 0. The lowest BCUT2D eigenvalue weighted by Gasteiger charge is -2.47. The minimum atomic E-state index is -0.530. The molecule has 0 N–H and O–H groups in total. The highest BCUT2D eigenvalue weighted by Crippen LogP contribution is 2.47. The molecule has 6 nitrogen and oxygen atoms in total. The second kappa shape index (κ2) is 16.7. The van der Waals surface area contributed by atoms with Crippen molar-refractivity contribution in [3.05, 3.63) is 108 Å². The van der Waals surface area contributed by atoms with E-state index in [4.69, 9.17) is 39.9 Å². The zero-order valence-corrected chi connectivity index (χ0v) is 28.6. The fourth-order valence-electron chi connectivity index (χ4n) is 6.23. The molecular weight excluding hydrogens is 599 g/mol. The van der Waals surface area contributed by atoms with Gasteiger partial charge in [0.25, 0.3) is 0 Å². The maximum absolute atomic E-state index is 7.03. The third-order valence-electron chi connectivity index (χ3n) is 9.52. The van der Waals surface area contributed by atoms with Gasteiger partial charge in [0, 0.05) is 11.7 Å². The Balaban J connectivity index is 1.47. The number of unbranched alkanes of at least 4 members (excludes halogenated alkanes) is 2. The Morgan fingerprint density at radius 1 is 0.630 bits per heavy atom. The Hall–Kier alpha value is -2.23. The van der Waals surface area contributed by atoms with Crippen LogP contribution in [0.4, 0.5) is 0 Å². The van der Waals surface area contributed by atoms with Crippen molar-refractivity contribution in [2.24, 2.45) is 0 Å². The lowest BCUT2D eigenvalue weighted by molar-refractivity contribution is -0.224. The van der Waals surface area contributed by atoms with Crippen LogP contribution in [0.25, 0.3) is 0 Å². The van der Waals surface area contributed by atoms with E-state index in [1.54, 1.807) is 0 Å². The number of ether oxygens (including phenoxy) is 4. The highest BCUT2D eigenvalue weighted by molar-refractivity contribution is 6.48. The number of alkyl halides is 1. The SMILES string of the molecule is CC1(C)OB([C@@H]2[C@@H](OCc3ccccc3)[C@H](OCc3ccccc3)[C@@H](COCc3ccccc3)O[C@@H]2CCCCCCl)OC1(C)C. The summed E-state index contributed by atoms with van der Waals surface area (Å²) in [6, 6.07) is 30.7. The molecule has 0 saturated carbocycles. The summed E-state index contributed by atoms with van der Waals surface area (Å²) in [4.78, 5) is 0. The van der Waals surface area contributed by atoms with Gasteiger partial charge in [-0.1, -0.05) is 104 Å². The zero-order valence-electron chi connectivity index (χ0n) is 27.8. The lowest BCUT2D eigenvalue weighted by atomic mass is 9.61. The predicted molar refractivity (Wildman–Crippen MR) is 184 cm³/mol. The standard InChI is InChI=1S/C38H50BClO6/c1-37(2)38(3,4)46-39(45-37)34-32(23-15-8-16-24-40)44-33(28-41-25-29-17-9-5-10-18-29)35(42-26-30-19-11-6-12-20-30)36(34)43-27-31-21-13-7-14-22-31/h5-7,9-14,17-22,32-36H,8,15-16,23-28H2,1-4H3/t32-,33-,34+,35-,36-/m1/s1. The Labute approximate surface area is 281 Å². The first-order valence-corrected chi connectivity index (χ1v) is 17.3. The second-order valence-corrected chi connectivity index (χ2v) is 13.9. The van der Waals surface area contributed by atoms with E-state index >= 15 is 0 Å². The van der Waals surface area contributed by atoms with E-state index in [-0.39, 0.29) is 24.1 Å². The average molecular weight is 649 g/mol. The third-order valence-corrected chi connectivity index (χ3v) is 9.79. The molecule has 8 heteroatoms. The highest BCUT2D eigenvalue weighted by atomic mass is 35.5. The van der Waals surface area contributed by atoms with Gasteiger partial charge < -0.3 is 28.3 Å². The summed E-state index contributed by atoms with van der Waals surface area (Å²) in [7, 11) is -0.530. The predicted octanol–water partition coefficient (Wildman–Crippen LogP) is 8.40. The van der Waals surface area contributed by atoms with Gasteiger partial charge in [-0.2, -0.15) is 0 Å². The molecule has 3 aromatic carbocycles. The topological polar surface area (TPSA) is 55.4 Å². The smallest absolute Gasteiger partial charge is 0.403 e. The number of benzene rings is 3. The van der Waals surface area contributed by atoms with E-state index in [1.807, 2.05) is 54.6 Å². The summed E-state index contributed by atoms with van der Waals surface area (Å²) in [5.74, 6) is 0.423. The number of rotatable bonds is 16. The van der Waals surface area contributed by atoms with Crippen molar-refractivity contribution in [1.29, 1.82) is 0 Å². The van der Waals surface area contributed by atoms with Gasteiger partial charge >= 0.3 is 7.12 Å². The Kier molecular flexibility index (Phi) is 12.8. The summed E-state index contributed by atoms with van der Waals surface area (Å²) in [5, 5.41) is 0. The molecule has 2 saturated heterocycles. The van der Waals surface area contributed by atoms with Crippen LogP contribution in [0.2, 0.25) is 5.82 Å². The van der Waals surface area contributed by atoms with E-state index in [0.29, 0.717) is 32.3 Å². The van der Waals surface area contributed by atoms with Gasteiger partial charge in [0.1, 0.15) is 12.2 Å². The normalized spacial score (nSPS) is 25.5.